The zero-order chi connectivity index (χ0) is 19.4. The minimum Gasteiger partial charge on any atom is -0.356 e. The summed E-state index contributed by atoms with van der Waals surface area (Å²) < 4.78 is 3.66. The monoisotopic (exact) mass is 393 g/mol. The normalized spacial score (nSPS) is 13.9. The number of aryl methyl sites for hydroxylation is 3. The van der Waals surface area contributed by atoms with E-state index in [0.29, 0.717) is 5.02 Å². The Morgan fingerprint density at radius 1 is 1.04 bits per heavy atom. The summed E-state index contributed by atoms with van der Waals surface area (Å²) in [6, 6.07) is 6.07. The van der Waals surface area contributed by atoms with Crippen LogP contribution < -0.4 is 4.90 Å². The van der Waals surface area contributed by atoms with Crippen molar-refractivity contribution in [1.82, 2.24) is 29.5 Å². The SMILES string of the molecule is Cc1ccc(-c2c(-c3nn(C)c4ncnc(N5CCC5)c34)cnn2C)c(Cl)c1. The van der Waals surface area contributed by atoms with Crippen LogP contribution in [-0.4, -0.2) is 42.6 Å². The first-order valence-corrected chi connectivity index (χ1v) is 9.64. The molecular formula is C20H20ClN7. The van der Waals surface area contributed by atoms with E-state index in [-0.39, 0.29) is 0 Å². The molecule has 4 heterocycles. The van der Waals surface area contributed by atoms with Crippen LogP contribution in [0.5, 0.6) is 0 Å². The van der Waals surface area contributed by atoms with Gasteiger partial charge in [0.05, 0.1) is 22.3 Å². The molecule has 0 radical (unpaired) electrons. The maximum absolute atomic E-state index is 6.59. The van der Waals surface area contributed by atoms with E-state index in [2.05, 4.69) is 26.0 Å². The standard InChI is InChI=1S/C20H20ClN7/c1-12-5-6-13(15(21)9-12)18-14(10-24-26(18)2)17-16-19(27(3)25-17)22-11-23-20(16)28-7-4-8-28/h5-6,9-11H,4,7-8H2,1-3H3. The zero-order valence-corrected chi connectivity index (χ0v) is 16.8. The van der Waals surface area contributed by atoms with Crippen molar-refractivity contribution in [3.63, 3.8) is 0 Å². The highest BCUT2D eigenvalue weighted by molar-refractivity contribution is 6.33. The molecule has 4 aromatic rings. The highest BCUT2D eigenvalue weighted by atomic mass is 35.5. The highest BCUT2D eigenvalue weighted by Crippen LogP contribution is 2.40. The van der Waals surface area contributed by atoms with Gasteiger partial charge in [-0.05, 0) is 25.0 Å². The molecule has 8 heteroatoms. The van der Waals surface area contributed by atoms with Gasteiger partial charge in [-0.15, -0.1) is 0 Å². The Kier molecular flexibility index (Phi) is 3.87. The van der Waals surface area contributed by atoms with Crippen molar-refractivity contribution in [2.45, 2.75) is 13.3 Å². The Labute approximate surface area is 167 Å². The summed E-state index contributed by atoms with van der Waals surface area (Å²) in [5.41, 5.74) is 5.56. The van der Waals surface area contributed by atoms with Crippen molar-refractivity contribution in [3.8, 4) is 22.5 Å². The third-order valence-corrected chi connectivity index (χ3v) is 5.64. The second-order valence-electron chi connectivity index (χ2n) is 7.22. The van der Waals surface area contributed by atoms with Gasteiger partial charge in [-0.1, -0.05) is 23.7 Å². The summed E-state index contributed by atoms with van der Waals surface area (Å²) in [7, 11) is 3.83. The van der Waals surface area contributed by atoms with E-state index in [1.54, 1.807) is 6.33 Å². The van der Waals surface area contributed by atoms with E-state index in [9.17, 15) is 0 Å². The van der Waals surface area contributed by atoms with Gasteiger partial charge in [-0.3, -0.25) is 4.68 Å². The molecule has 7 nitrogen and oxygen atoms in total. The molecule has 1 aliphatic heterocycles. The van der Waals surface area contributed by atoms with Gasteiger partial charge < -0.3 is 4.90 Å². The molecule has 0 atom stereocenters. The molecule has 1 aliphatic rings. The smallest absolute Gasteiger partial charge is 0.163 e. The van der Waals surface area contributed by atoms with E-state index < -0.39 is 0 Å². The van der Waals surface area contributed by atoms with Crippen molar-refractivity contribution in [3.05, 3.63) is 41.3 Å². The maximum Gasteiger partial charge on any atom is 0.163 e. The molecule has 0 N–H and O–H groups in total. The number of hydrogen-bond acceptors (Lipinski definition) is 5. The minimum absolute atomic E-state index is 0.698. The average molecular weight is 394 g/mol. The van der Waals surface area contributed by atoms with Gasteiger partial charge in [-0.2, -0.15) is 10.2 Å². The average Bonchev–Trinajstić information content (AvgIpc) is 3.15. The first kappa shape index (κ1) is 17.2. The van der Waals surface area contributed by atoms with Crippen molar-refractivity contribution < 1.29 is 0 Å². The molecule has 1 fully saturated rings. The lowest BCUT2D eigenvalue weighted by Crippen LogP contribution is -2.37. The zero-order valence-electron chi connectivity index (χ0n) is 16.0. The second-order valence-corrected chi connectivity index (χ2v) is 7.63. The number of fused-ring (bicyclic) bond motifs is 1. The van der Waals surface area contributed by atoms with Crippen LogP contribution in [0.25, 0.3) is 33.5 Å². The number of hydrogen-bond donors (Lipinski definition) is 0. The number of nitrogens with zero attached hydrogens (tertiary/aromatic N) is 7. The van der Waals surface area contributed by atoms with Crippen LogP contribution in [-0.2, 0) is 14.1 Å². The van der Waals surface area contributed by atoms with Crippen molar-refractivity contribution in [2.24, 2.45) is 14.1 Å². The topological polar surface area (TPSA) is 64.7 Å². The molecule has 1 saturated heterocycles. The Balaban J connectivity index is 1.79. The Hall–Kier alpha value is -2.93. The Morgan fingerprint density at radius 2 is 1.86 bits per heavy atom. The molecule has 0 saturated carbocycles. The van der Waals surface area contributed by atoms with Gasteiger partial charge in [0.15, 0.2) is 5.65 Å². The van der Waals surface area contributed by atoms with Gasteiger partial charge in [-0.25, -0.2) is 14.6 Å². The van der Waals surface area contributed by atoms with Gasteiger partial charge in [0.2, 0.25) is 0 Å². The number of benzene rings is 1. The highest BCUT2D eigenvalue weighted by Gasteiger charge is 2.26. The van der Waals surface area contributed by atoms with E-state index >= 15 is 0 Å². The summed E-state index contributed by atoms with van der Waals surface area (Å²) in [4.78, 5) is 11.3. The molecule has 1 aromatic carbocycles. The molecule has 0 unspecified atom stereocenters. The first-order valence-electron chi connectivity index (χ1n) is 9.26. The van der Waals surface area contributed by atoms with Crippen LogP contribution in [0.4, 0.5) is 5.82 Å². The maximum atomic E-state index is 6.59. The first-order chi connectivity index (χ1) is 13.5. The molecule has 0 amide bonds. The van der Waals surface area contributed by atoms with Crippen LogP contribution in [0, 0.1) is 6.92 Å². The summed E-state index contributed by atoms with van der Waals surface area (Å²) in [6.07, 6.45) is 4.64. The van der Waals surface area contributed by atoms with Crippen LogP contribution in [0.15, 0.2) is 30.7 Å². The van der Waals surface area contributed by atoms with E-state index in [1.165, 1.54) is 6.42 Å². The lowest BCUT2D eigenvalue weighted by Gasteiger charge is -2.32. The molecule has 0 bridgehead atoms. The largest absolute Gasteiger partial charge is 0.356 e. The second kappa shape index (κ2) is 6.31. The Morgan fingerprint density at radius 3 is 2.57 bits per heavy atom. The van der Waals surface area contributed by atoms with Crippen LogP contribution in [0.2, 0.25) is 5.02 Å². The van der Waals surface area contributed by atoms with Crippen LogP contribution in [0.3, 0.4) is 0 Å². The fourth-order valence-electron chi connectivity index (χ4n) is 3.77. The van der Waals surface area contributed by atoms with E-state index in [0.717, 1.165) is 58.0 Å². The molecule has 3 aromatic heterocycles. The Bertz CT molecular complexity index is 1200. The molecule has 0 spiro atoms. The lowest BCUT2D eigenvalue weighted by molar-refractivity contribution is 0.611. The lowest BCUT2D eigenvalue weighted by atomic mass is 10.0. The third kappa shape index (κ3) is 2.50. The van der Waals surface area contributed by atoms with E-state index in [1.807, 2.05) is 48.7 Å². The summed E-state index contributed by atoms with van der Waals surface area (Å²) in [5.74, 6) is 0.934. The third-order valence-electron chi connectivity index (χ3n) is 5.33. The fourth-order valence-corrected chi connectivity index (χ4v) is 4.10. The summed E-state index contributed by atoms with van der Waals surface area (Å²) in [6.45, 7) is 4.04. The quantitative estimate of drug-likeness (QED) is 0.532. The van der Waals surface area contributed by atoms with Gasteiger partial charge in [0.25, 0.3) is 0 Å². The van der Waals surface area contributed by atoms with Crippen LogP contribution in [0.1, 0.15) is 12.0 Å². The van der Waals surface area contributed by atoms with Crippen molar-refractivity contribution in [2.75, 3.05) is 18.0 Å². The number of rotatable bonds is 3. The molecule has 28 heavy (non-hydrogen) atoms. The molecule has 142 valence electrons. The summed E-state index contributed by atoms with van der Waals surface area (Å²) in [5, 5.41) is 11.0. The molecular weight excluding hydrogens is 374 g/mol. The summed E-state index contributed by atoms with van der Waals surface area (Å²) >= 11 is 6.59. The number of anilines is 1. The van der Waals surface area contributed by atoms with Gasteiger partial charge >= 0.3 is 0 Å². The van der Waals surface area contributed by atoms with Gasteiger partial charge in [0, 0.05) is 38.3 Å². The number of halogens is 1. The molecule has 0 aliphatic carbocycles. The van der Waals surface area contributed by atoms with Crippen molar-refractivity contribution in [1.29, 1.82) is 0 Å². The minimum atomic E-state index is 0.698. The van der Waals surface area contributed by atoms with Crippen molar-refractivity contribution >= 4 is 28.5 Å². The predicted molar refractivity (Wildman–Crippen MR) is 111 cm³/mol. The molecule has 5 rings (SSSR count). The number of aromatic nitrogens is 6. The predicted octanol–water partition coefficient (Wildman–Crippen LogP) is 3.60. The van der Waals surface area contributed by atoms with E-state index in [4.69, 9.17) is 16.7 Å². The van der Waals surface area contributed by atoms with Gasteiger partial charge in [0.1, 0.15) is 17.8 Å². The fraction of sp³-hybridized carbons (Fsp3) is 0.300. The van der Waals surface area contributed by atoms with Crippen LogP contribution >= 0.6 is 11.6 Å².